The zero-order chi connectivity index (χ0) is 23.7. The Morgan fingerprint density at radius 1 is 1.06 bits per heavy atom. The highest BCUT2D eigenvalue weighted by Crippen LogP contribution is 2.36. The maximum absolute atomic E-state index is 13.6. The molecule has 3 aromatic carbocycles. The third-order valence-corrected chi connectivity index (χ3v) is 6.39. The number of nitrogens with zero attached hydrogens (tertiary/aromatic N) is 2. The summed E-state index contributed by atoms with van der Waals surface area (Å²) < 4.78 is 6.14. The van der Waals surface area contributed by atoms with Crippen LogP contribution < -0.4 is 5.73 Å². The van der Waals surface area contributed by atoms with Crippen molar-refractivity contribution in [2.24, 2.45) is 5.73 Å². The van der Waals surface area contributed by atoms with Gasteiger partial charge in [0.2, 0.25) is 11.8 Å². The maximum Gasteiger partial charge on any atom is 0.240 e. The fourth-order valence-electron chi connectivity index (χ4n) is 4.58. The SMILES string of the molecule is Cc1oc([C@@H]2Cc3ccccc3CN2C(=O)[C@@H](N)Cc2ccc(O)cc2)nc1-c1ccccc1. The highest BCUT2D eigenvalue weighted by molar-refractivity contribution is 5.82. The van der Waals surface area contributed by atoms with Gasteiger partial charge >= 0.3 is 0 Å². The van der Waals surface area contributed by atoms with E-state index in [4.69, 9.17) is 15.1 Å². The molecular weight excluding hydrogens is 426 g/mol. The molecule has 2 atom stereocenters. The fraction of sp³-hybridized carbons (Fsp3) is 0.214. The van der Waals surface area contributed by atoms with Crippen LogP contribution >= 0.6 is 0 Å². The van der Waals surface area contributed by atoms with Gasteiger partial charge in [-0.25, -0.2) is 4.98 Å². The van der Waals surface area contributed by atoms with Gasteiger partial charge in [-0.15, -0.1) is 0 Å². The zero-order valence-corrected chi connectivity index (χ0v) is 19.0. The summed E-state index contributed by atoms with van der Waals surface area (Å²) in [5.74, 6) is 1.28. The number of aryl methyl sites for hydroxylation is 1. The second-order valence-corrected chi connectivity index (χ2v) is 8.75. The van der Waals surface area contributed by atoms with Crippen molar-refractivity contribution in [3.63, 3.8) is 0 Å². The van der Waals surface area contributed by atoms with E-state index in [1.807, 2.05) is 55.5 Å². The van der Waals surface area contributed by atoms with Crippen molar-refractivity contribution >= 4 is 5.91 Å². The van der Waals surface area contributed by atoms with Crippen LogP contribution in [0.2, 0.25) is 0 Å². The molecule has 0 aliphatic carbocycles. The molecule has 1 aliphatic heterocycles. The number of phenols is 1. The van der Waals surface area contributed by atoms with Crippen LogP contribution in [-0.4, -0.2) is 26.9 Å². The van der Waals surface area contributed by atoms with Crippen molar-refractivity contribution in [3.8, 4) is 17.0 Å². The molecule has 6 heteroatoms. The average molecular weight is 454 g/mol. The first-order valence-electron chi connectivity index (χ1n) is 11.4. The summed E-state index contributed by atoms with van der Waals surface area (Å²) >= 11 is 0. The number of aromatic nitrogens is 1. The normalized spacial score (nSPS) is 16.2. The maximum atomic E-state index is 13.6. The predicted octanol–water partition coefficient (Wildman–Crippen LogP) is 4.55. The third kappa shape index (κ3) is 4.32. The topological polar surface area (TPSA) is 92.6 Å². The van der Waals surface area contributed by atoms with E-state index in [9.17, 15) is 9.90 Å². The number of phenolic OH excluding ortho intramolecular Hbond substituents is 1. The minimum Gasteiger partial charge on any atom is -0.508 e. The lowest BCUT2D eigenvalue weighted by molar-refractivity contribution is -0.137. The van der Waals surface area contributed by atoms with E-state index in [0.717, 1.165) is 28.1 Å². The Hall–Kier alpha value is -3.90. The van der Waals surface area contributed by atoms with E-state index in [-0.39, 0.29) is 17.7 Å². The molecule has 6 nitrogen and oxygen atoms in total. The van der Waals surface area contributed by atoms with E-state index >= 15 is 0 Å². The van der Waals surface area contributed by atoms with Crippen LogP contribution in [0, 0.1) is 6.92 Å². The minimum absolute atomic E-state index is 0.148. The number of benzene rings is 3. The molecule has 0 radical (unpaired) electrons. The summed E-state index contributed by atoms with van der Waals surface area (Å²) in [6.45, 7) is 2.35. The number of carbonyl (C=O) groups excluding carboxylic acids is 1. The van der Waals surface area contributed by atoms with Gasteiger partial charge in [-0.2, -0.15) is 0 Å². The number of nitrogens with two attached hydrogens (primary N) is 1. The monoisotopic (exact) mass is 453 g/mol. The smallest absolute Gasteiger partial charge is 0.240 e. The molecule has 1 aliphatic rings. The van der Waals surface area contributed by atoms with Gasteiger partial charge in [-0.1, -0.05) is 66.7 Å². The molecule has 0 fully saturated rings. The molecule has 0 spiro atoms. The van der Waals surface area contributed by atoms with Gasteiger partial charge in [-0.05, 0) is 42.2 Å². The van der Waals surface area contributed by atoms with Crippen molar-refractivity contribution in [2.75, 3.05) is 0 Å². The third-order valence-electron chi connectivity index (χ3n) is 6.39. The summed E-state index contributed by atoms with van der Waals surface area (Å²) in [4.78, 5) is 20.2. The Morgan fingerprint density at radius 3 is 2.47 bits per heavy atom. The molecule has 172 valence electrons. The van der Waals surface area contributed by atoms with Crippen LogP contribution in [-0.2, 0) is 24.2 Å². The highest BCUT2D eigenvalue weighted by Gasteiger charge is 2.36. The summed E-state index contributed by atoms with van der Waals surface area (Å²) in [6, 6.07) is 23.8. The Balaban J connectivity index is 1.47. The van der Waals surface area contributed by atoms with Gasteiger partial charge in [0.05, 0.1) is 6.04 Å². The van der Waals surface area contributed by atoms with Gasteiger partial charge in [0.15, 0.2) is 0 Å². The average Bonchev–Trinajstić information content (AvgIpc) is 3.26. The molecule has 2 heterocycles. The van der Waals surface area contributed by atoms with Crippen LogP contribution in [0.1, 0.15) is 34.4 Å². The molecule has 5 rings (SSSR count). The number of hydrogen-bond acceptors (Lipinski definition) is 5. The van der Waals surface area contributed by atoms with Crippen LogP contribution in [0.15, 0.2) is 83.3 Å². The number of rotatable bonds is 5. The second-order valence-electron chi connectivity index (χ2n) is 8.75. The Kier molecular flexibility index (Phi) is 5.90. The molecule has 3 N–H and O–H groups in total. The van der Waals surface area contributed by atoms with Gasteiger partial charge in [0.1, 0.15) is 23.2 Å². The van der Waals surface area contributed by atoms with Crippen molar-refractivity contribution in [2.45, 2.75) is 38.4 Å². The lowest BCUT2D eigenvalue weighted by atomic mass is 9.92. The Morgan fingerprint density at radius 2 is 1.74 bits per heavy atom. The lowest BCUT2D eigenvalue weighted by Gasteiger charge is -2.36. The summed E-state index contributed by atoms with van der Waals surface area (Å²) in [5, 5.41) is 9.54. The molecule has 0 saturated heterocycles. The molecule has 4 aromatic rings. The summed E-state index contributed by atoms with van der Waals surface area (Å²) in [6.07, 6.45) is 0.992. The molecule has 0 bridgehead atoms. The molecule has 34 heavy (non-hydrogen) atoms. The van der Waals surface area contributed by atoms with E-state index in [2.05, 4.69) is 6.07 Å². The van der Waals surface area contributed by atoms with E-state index < -0.39 is 6.04 Å². The fourth-order valence-corrected chi connectivity index (χ4v) is 4.58. The first-order chi connectivity index (χ1) is 16.5. The number of aromatic hydroxyl groups is 1. The van der Waals surface area contributed by atoms with Crippen molar-refractivity contribution in [1.82, 2.24) is 9.88 Å². The summed E-state index contributed by atoms with van der Waals surface area (Å²) in [7, 11) is 0. The molecule has 0 unspecified atom stereocenters. The van der Waals surface area contributed by atoms with Gasteiger partial charge in [0, 0.05) is 18.5 Å². The van der Waals surface area contributed by atoms with E-state index in [1.165, 1.54) is 5.56 Å². The number of amides is 1. The van der Waals surface area contributed by atoms with Gasteiger partial charge in [0.25, 0.3) is 0 Å². The second kappa shape index (κ2) is 9.15. The standard InChI is InChI=1S/C28H27N3O3/c1-18-26(20-7-3-2-4-8-20)30-27(34-18)25-16-21-9-5-6-10-22(21)17-31(25)28(33)24(29)15-19-11-13-23(32)14-12-19/h2-14,24-25,32H,15-17,29H2,1H3/t24-,25-/m0/s1. The first-order valence-corrected chi connectivity index (χ1v) is 11.4. The van der Waals surface area contributed by atoms with Gasteiger partial charge in [-0.3, -0.25) is 4.79 Å². The van der Waals surface area contributed by atoms with Crippen LogP contribution in [0.5, 0.6) is 5.75 Å². The van der Waals surface area contributed by atoms with E-state index in [1.54, 1.807) is 29.2 Å². The first kappa shape index (κ1) is 21.9. The van der Waals surface area contributed by atoms with Crippen LogP contribution in [0.3, 0.4) is 0 Å². The Labute approximate surface area is 198 Å². The largest absolute Gasteiger partial charge is 0.508 e. The molecule has 1 amide bonds. The molecule has 0 saturated carbocycles. The molecule has 1 aromatic heterocycles. The zero-order valence-electron chi connectivity index (χ0n) is 19.0. The van der Waals surface area contributed by atoms with Gasteiger partial charge < -0.3 is 20.2 Å². The van der Waals surface area contributed by atoms with Crippen molar-refractivity contribution in [1.29, 1.82) is 0 Å². The highest BCUT2D eigenvalue weighted by atomic mass is 16.4. The number of hydrogen-bond donors (Lipinski definition) is 2. The minimum atomic E-state index is -0.720. The number of oxazole rings is 1. The van der Waals surface area contributed by atoms with Crippen molar-refractivity contribution in [3.05, 3.63) is 107 Å². The van der Waals surface area contributed by atoms with Crippen molar-refractivity contribution < 1.29 is 14.3 Å². The summed E-state index contributed by atoms with van der Waals surface area (Å²) in [5.41, 5.74) is 11.3. The van der Waals surface area contributed by atoms with Crippen LogP contribution in [0.4, 0.5) is 0 Å². The van der Waals surface area contributed by atoms with E-state index in [0.29, 0.717) is 25.3 Å². The number of carbonyl (C=O) groups is 1. The predicted molar refractivity (Wildman–Crippen MR) is 130 cm³/mol. The molecular formula is C28H27N3O3. The quantitative estimate of drug-likeness (QED) is 0.462. The number of fused-ring (bicyclic) bond motifs is 1. The van der Waals surface area contributed by atoms with Crippen LogP contribution in [0.25, 0.3) is 11.3 Å². The Bertz CT molecular complexity index is 1300. The lowest BCUT2D eigenvalue weighted by Crippen LogP contribution is -2.48.